The van der Waals surface area contributed by atoms with E-state index >= 15 is 0 Å². The van der Waals surface area contributed by atoms with Gasteiger partial charge in [0.05, 0.1) is 5.56 Å². The largest absolute Gasteiger partial charge is 0.416 e. The van der Waals surface area contributed by atoms with Crippen LogP contribution in [0.2, 0.25) is 0 Å². The molecule has 39 heavy (non-hydrogen) atoms. The first-order valence-corrected chi connectivity index (χ1v) is 13.1. The van der Waals surface area contributed by atoms with Gasteiger partial charge in [-0.1, -0.05) is 32.0 Å². The van der Waals surface area contributed by atoms with Crippen molar-refractivity contribution in [2.75, 3.05) is 26.7 Å². The lowest BCUT2D eigenvalue weighted by Gasteiger charge is -2.51. The molecule has 210 valence electrons. The van der Waals surface area contributed by atoms with Crippen LogP contribution in [0.15, 0.2) is 48.5 Å². The predicted molar refractivity (Wildman–Crippen MR) is 137 cm³/mol. The van der Waals surface area contributed by atoms with E-state index < -0.39 is 23.7 Å². The molecule has 10 heteroatoms. The van der Waals surface area contributed by atoms with E-state index in [0.717, 1.165) is 23.8 Å². The van der Waals surface area contributed by atoms with Crippen molar-refractivity contribution in [3.8, 4) is 0 Å². The first-order chi connectivity index (χ1) is 18.3. The van der Waals surface area contributed by atoms with Crippen molar-refractivity contribution in [1.29, 1.82) is 0 Å². The highest BCUT2D eigenvalue weighted by Crippen LogP contribution is 2.50. The maximum absolute atomic E-state index is 13.6. The van der Waals surface area contributed by atoms with Gasteiger partial charge in [0, 0.05) is 44.6 Å². The Bertz CT molecular complexity index is 1220. The van der Waals surface area contributed by atoms with Crippen molar-refractivity contribution < 1.29 is 31.9 Å². The number of carbonyl (C=O) groups excluding carboxylic acids is 3. The zero-order chi connectivity index (χ0) is 28.5. The highest BCUT2D eigenvalue weighted by molar-refractivity contribution is 5.97. The van der Waals surface area contributed by atoms with Gasteiger partial charge < -0.3 is 15.1 Å². The number of rotatable bonds is 5. The molecule has 1 N–H and O–H groups in total. The van der Waals surface area contributed by atoms with Crippen LogP contribution in [0.5, 0.6) is 0 Å². The van der Waals surface area contributed by atoms with Gasteiger partial charge in [0.25, 0.3) is 5.91 Å². The number of likely N-dealkylation sites (tertiary alicyclic amines) is 2. The van der Waals surface area contributed by atoms with Gasteiger partial charge >= 0.3 is 6.18 Å². The minimum atomic E-state index is -4.59. The Morgan fingerprint density at radius 3 is 2.28 bits per heavy atom. The molecule has 2 atom stereocenters. The Kier molecular flexibility index (Phi) is 8.04. The summed E-state index contributed by atoms with van der Waals surface area (Å²) < 4.78 is 52.9. The molecule has 4 rings (SSSR count). The molecule has 3 amide bonds. The van der Waals surface area contributed by atoms with Crippen LogP contribution in [0.4, 0.5) is 17.6 Å². The van der Waals surface area contributed by atoms with E-state index in [4.69, 9.17) is 0 Å². The number of hydrogen-bond donors (Lipinski definition) is 1. The number of piperidine rings is 2. The van der Waals surface area contributed by atoms with E-state index in [9.17, 15) is 31.9 Å². The van der Waals surface area contributed by atoms with Gasteiger partial charge in [-0.15, -0.1) is 0 Å². The van der Waals surface area contributed by atoms with Gasteiger partial charge in [-0.2, -0.15) is 13.2 Å². The lowest BCUT2D eigenvalue weighted by atomic mass is 9.62. The average Bonchev–Trinajstić information content (AvgIpc) is 2.89. The lowest BCUT2D eigenvalue weighted by molar-refractivity contribution is -0.143. The first-order valence-electron chi connectivity index (χ1n) is 13.1. The van der Waals surface area contributed by atoms with Gasteiger partial charge in [-0.25, -0.2) is 4.39 Å². The second-order valence-corrected chi connectivity index (χ2v) is 11.0. The summed E-state index contributed by atoms with van der Waals surface area (Å²) in [6.07, 6.45) is -3.14. The molecule has 2 aromatic carbocycles. The van der Waals surface area contributed by atoms with Crippen molar-refractivity contribution in [2.24, 2.45) is 11.3 Å². The van der Waals surface area contributed by atoms with Crippen molar-refractivity contribution in [3.63, 3.8) is 0 Å². The van der Waals surface area contributed by atoms with Gasteiger partial charge in [-0.05, 0) is 60.1 Å². The predicted octanol–water partition coefficient (Wildman–Crippen LogP) is 4.85. The average molecular weight is 548 g/mol. The fourth-order valence-corrected chi connectivity index (χ4v) is 5.75. The number of halogens is 4. The summed E-state index contributed by atoms with van der Waals surface area (Å²) in [5.41, 5.74) is -0.545. The third-order valence-corrected chi connectivity index (χ3v) is 8.14. The molecule has 2 fully saturated rings. The zero-order valence-electron chi connectivity index (χ0n) is 22.2. The van der Waals surface area contributed by atoms with Crippen LogP contribution in [0.3, 0.4) is 0 Å². The van der Waals surface area contributed by atoms with Crippen LogP contribution >= 0.6 is 0 Å². The van der Waals surface area contributed by atoms with E-state index in [1.54, 1.807) is 42.8 Å². The highest BCUT2D eigenvalue weighted by Gasteiger charge is 2.48. The Hall–Kier alpha value is -3.43. The molecule has 0 aromatic heterocycles. The zero-order valence-corrected chi connectivity index (χ0v) is 22.2. The first kappa shape index (κ1) is 28.6. The number of carbonyl (C=O) groups is 3. The van der Waals surface area contributed by atoms with Crippen molar-refractivity contribution in [3.05, 3.63) is 71.0 Å². The fourth-order valence-electron chi connectivity index (χ4n) is 5.75. The van der Waals surface area contributed by atoms with Gasteiger partial charge in [0.15, 0.2) is 0 Å². The summed E-state index contributed by atoms with van der Waals surface area (Å²) in [5, 5.41) is 2.64. The summed E-state index contributed by atoms with van der Waals surface area (Å²) in [6.45, 7) is 4.77. The quantitative estimate of drug-likeness (QED) is 0.544. The minimum Gasteiger partial charge on any atom is -0.345 e. The maximum atomic E-state index is 13.6. The van der Waals surface area contributed by atoms with E-state index in [2.05, 4.69) is 5.32 Å². The Balaban J connectivity index is 1.48. The number of benzene rings is 2. The van der Waals surface area contributed by atoms with Crippen LogP contribution in [0.1, 0.15) is 60.5 Å². The number of alkyl halides is 3. The molecule has 1 unspecified atom stereocenters. The summed E-state index contributed by atoms with van der Waals surface area (Å²) in [6, 6.07) is 9.51. The highest BCUT2D eigenvalue weighted by atomic mass is 19.4. The third kappa shape index (κ3) is 6.09. The topological polar surface area (TPSA) is 69.7 Å². The Morgan fingerprint density at radius 2 is 1.69 bits per heavy atom. The van der Waals surface area contributed by atoms with Gasteiger partial charge in [0.2, 0.25) is 11.8 Å². The van der Waals surface area contributed by atoms with Crippen LogP contribution < -0.4 is 5.32 Å². The summed E-state index contributed by atoms with van der Waals surface area (Å²) in [5.74, 6) is -1.68. The van der Waals surface area contributed by atoms with Gasteiger partial charge in [-0.3, -0.25) is 14.4 Å². The fraction of sp³-hybridized carbons (Fsp3) is 0.483. The number of nitrogens with zero attached hydrogens (tertiary/aromatic N) is 2. The molecule has 2 aromatic rings. The molecule has 2 aliphatic heterocycles. The Morgan fingerprint density at radius 1 is 1.05 bits per heavy atom. The number of amides is 3. The molecule has 0 radical (unpaired) electrons. The molecule has 0 saturated carbocycles. The second-order valence-electron chi connectivity index (χ2n) is 11.0. The van der Waals surface area contributed by atoms with Crippen molar-refractivity contribution in [2.45, 2.75) is 51.2 Å². The normalized spacial score (nSPS) is 20.3. The van der Waals surface area contributed by atoms with Crippen LogP contribution in [0.25, 0.3) is 0 Å². The molecule has 2 aliphatic rings. The van der Waals surface area contributed by atoms with Crippen LogP contribution in [-0.2, 0) is 15.8 Å². The molecular formula is C29H33F4N3O3. The third-order valence-electron chi connectivity index (χ3n) is 8.14. The van der Waals surface area contributed by atoms with E-state index in [0.29, 0.717) is 38.9 Å². The molecule has 2 heterocycles. The number of nitrogens with one attached hydrogen (secondary N) is 1. The molecule has 1 spiro atoms. The van der Waals surface area contributed by atoms with E-state index in [-0.39, 0.29) is 40.4 Å². The van der Waals surface area contributed by atoms with Crippen molar-refractivity contribution in [1.82, 2.24) is 15.1 Å². The molecule has 0 bridgehead atoms. The summed E-state index contributed by atoms with van der Waals surface area (Å²) in [7, 11) is 1.75. The molecule has 2 saturated heterocycles. The lowest BCUT2D eigenvalue weighted by Crippen LogP contribution is -2.57. The van der Waals surface area contributed by atoms with Crippen molar-refractivity contribution >= 4 is 17.7 Å². The number of hydrogen-bond acceptors (Lipinski definition) is 3. The van der Waals surface area contributed by atoms with E-state index in [1.807, 2.05) is 0 Å². The molecular weight excluding hydrogens is 514 g/mol. The van der Waals surface area contributed by atoms with E-state index in [1.165, 1.54) is 18.2 Å². The maximum Gasteiger partial charge on any atom is 0.416 e. The second kappa shape index (κ2) is 11.0. The summed E-state index contributed by atoms with van der Waals surface area (Å²) >= 11 is 0. The van der Waals surface area contributed by atoms with Crippen LogP contribution in [0, 0.1) is 17.2 Å². The smallest absolute Gasteiger partial charge is 0.345 e. The van der Waals surface area contributed by atoms with Crippen LogP contribution in [-0.4, -0.2) is 60.2 Å². The monoisotopic (exact) mass is 547 g/mol. The standard InChI is InChI=1S/C29H33F4N3O3/c1-18(2)25(34-26(38)20-5-4-6-21(15-20)29(31,32)33)27(39)36-13-11-28(12-14-36)16-24(37)35(3)17-23(28)19-7-9-22(30)10-8-19/h4-10,15,18,23,25H,11-14,16-17H2,1-3H3,(H,34,38)/t23?,25-/m1/s1. The SMILES string of the molecule is CC(C)[C@@H](NC(=O)c1cccc(C(F)(F)F)c1)C(=O)N1CCC2(CC1)CC(=O)N(C)CC2c1ccc(F)cc1. The summed E-state index contributed by atoms with van der Waals surface area (Å²) in [4.78, 5) is 42.4. The molecule has 0 aliphatic carbocycles. The molecule has 6 nitrogen and oxygen atoms in total. The minimum absolute atomic E-state index is 0.0143. The van der Waals surface area contributed by atoms with Gasteiger partial charge in [0.1, 0.15) is 11.9 Å². The number of likely N-dealkylation sites (N-methyl/N-ethyl adjacent to an activating group) is 1. The Labute approximate surface area is 225 Å².